The molecule has 1 aliphatic heterocycles. The number of nitrogens with zero attached hydrogens (tertiary/aromatic N) is 3. The summed E-state index contributed by atoms with van der Waals surface area (Å²) < 4.78 is 5.49. The van der Waals surface area contributed by atoms with Crippen LogP contribution in [0.15, 0.2) is 70.3 Å². The molecule has 4 rings (SSSR count). The number of nitrogens with one attached hydrogen (secondary N) is 1. The quantitative estimate of drug-likeness (QED) is 0.799. The van der Waals surface area contributed by atoms with Gasteiger partial charge in [-0.2, -0.15) is 5.10 Å². The van der Waals surface area contributed by atoms with Crippen molar-refractivity contribution in [3.63, 3.8) is 0 Å². The summed E-state index contributed by atoms with van der Waals surface area (Å²) in [7, 11) is 0. The molecule has 0 amide bonds. The largest absolute Gasteiger partial charge is 0.359 e. The fourth-order valence-electron chi connectivity index (χ4n) is 2.94. The molecule has 3 aromatic rings. The molecule has 0 spiro atoms. The second-order valence-electron chi connectivity index (χ2n) is 5.74. The molecule has 0 aliphatic carbocycles. The van der Waals surface area contributed by atoms with Crippen LogP contribution in [0.4, 0.5) is 5.69 Å². The van der Waals surface area contributed by atoms with Crippen molar-refractivity contribution in [2.45, 2.75) is 13.3 Å². The van der Waals surface area contributed by atoms with Gasteiger partial charge in [0.05, 0.1) is 0 Å². The zero-order valence-electron chi connectivity index (χ0n) is 13.4. The Labute approximate surface area is 140 Å². The molecule has 0 bridgehead atoms. The van der Waals surface area contributed by atoms with Crippen LogP contribution >= 0.6 is 0 Å². The monoisotopic (exact) mass is 318 g/mol. The topological polar surface area (TPSA) is 53.7 Å². The van der Waals surface area contributed by atoms with Gasteiger partial charge in [0.2, 0.25) is 0 Å². The van der Waals surface area contributed by atoms with Crippen LogP contribution in [0.2, 0.25) is 0 Å². The number of hydrogen-bond acceptors (Lipinski definition) is 5. The Morgan fingerprint density at radius 2 is 1.75 bits per heavy atom. The predicted molar refractivity (Wildman–Crippen MR) is 94.7 cm³/mol. The Bertz CT molecular complexity index is 856. The van der Waals surface area contributed by atoms with Gasteiger partial charge in [0, 0.05) is 12.0 Å². The van der Waals surface area contributed by atoms with Crippen LogP contribution < -0.4 is 10.3 Å². The Morgan fingerprint density at radius 3 is 2.50 bits per heavy atom. The molecule has 0 fully saturated rings. The third-order valence-corrected chi connectivity index (χ3v) is 4.10. The first kappa shape index (κ1) is 14.5. The van der Waals surface area contributed by atoms with Crippen LogP contribution in [0, 0.1) is 6.92 Å². The van der Waals surface area contributed by atoms with E-state index in [-0.39, 0.29) is 0 Å². The molecule has 1 aliphatic rings. The number of benzene rings is 2. The molecule has 5 nitrogen and oxygen atoms in total. The van der Waals surface area contributed by atoms with E-state index < -0.39 is 0 Å². The molecular weight excluding hydrogens is 300 g/mol. The van der Waals surface area contributed by atoms with Crippen LogP contribution in [0.3, 0.4) is 0 Å². The van der Waals surface area contributed by atoms with Crippen LogP contribution in [0.1, 0.15) is 11.3 Å². The van der Waals surface area contributed by atoms with E-state index in [9.17, 15) is 0 Å². The summed E-state index contributed by atoms with van der Waals surface area (Å²) in [5.41, 5.74) is 7.16. The van der Waals surface area contributed by atoms with Gasteiger partial charge in [-0.25, -0.2) is 0 Å². The SMILES string of the molecule is Cc1onc(-c2ccccc2)c1N1CNN=C1Cc1ccccc1. The highest BCUT2D eigenvalue weighted by atomic mass is 16.5. The maximum absolute atomic E-state index is 5.49. The van der Waals surface area contributed by atoms with Gasteiger partial charge in [-0.15, -0.1) is 0 Å². The summed E-state index contributed by atoms with van der Waals surface area (Å²) in [5, 5.41) is 8.74. The van der Waals surface area contributed by atoms with Gasteiger partial charge in [0.15, 0.2) is 5.76 Å². The molecule has 24 heavy (non-hydrogen) atoms. The Morgan fingerprint density at radius 1 is 1.04 bits per heavy atom. The summed E-state index contributed by atoms with van der Waals surface area (Å²) >= 11 is 0. The third-order valence-electron chi connectivity index (χ3n) is 4.10. The smallest absolute Gasteiger partial charge is 0.158 e. The maximum Gasteiger partial charge on any atom is 0.158 e. The minimum atomic E-state index is 0.615. The van der Waals surface area contributed by atoms with Crippen molar-refractivity contribution in [3.8, 4) is 11.3 Å². The lowest BCUT2D eigenvalue weighted by Gasteiger charge is -2.19. The van der Waals surface area contributed by atoms with Crippen molar-refractivity contribution < 1.29 is 4.52 Å². The van der Waals surface area contributed by atoms with E-state index in [0.717, 1.165) is 35.0 Å². The molecule has 0 unspecified atom stereocenters. The molecule has 0 saturated carbocycles. The zero-order valence-corrected chi connectivity index (χ0v) is 13.4. The van der Waals surface area contributed by atoms with Crippen molar-refractivity contribution in [3.05, 3.63) is 72.0 Å². The summed E-state index contributed by atoms with van der Waals surface area (Å²) in [5.74, 6) is 1.75. The molecule has 0 atom stereocenters. The Kier molecular flexibility index (Phi) is 3.75. The number of aryl methyl sites for hydroxylation is 1. The summed E-state index contributed by atoms with van der Waals surface area (Å²) in [6.07, 6.45) is 0.757. The first-order valence-electron chi connectivity index (χ1n) is 7.95. The number of hydrazone groups is 1. The lowest BCUT2D eigenvalue weighted by atomic mass is 10.1. The molecule has 1 aromatic heterocycles. The fourth-order valence-corrected chi connectivity index (χ4v) is 2.94. The molecule has 2 aromatic carbocycles. The zero-order chi connectivity index (χ0) is 16.4. The highest BCUT2D eigenvalue weighted by molar-refractivity contribution is 6.03. The van der Waals surface area contributed by atoms with Crippen LogP contribution in [-0.4, -0.2) is 17.7 Å². The maximum atomic E-state index is 5.49. The first-order valence-corrected chi connectivity index (χ1v) is 7.95. The van der Waals surface area contributed by atoms with Gasteiger partial charge in [-0.3, -0.25) is 5.43 Å². The minimum Gasteiger partial charge on any atom is -0.359 e. The van der Waals surface area contributed by atoms with Crippen LogP contribution in [0.5, 0.6) is 0 Å². The first-order chi connectivity index (χ1) is 11.8. The number of anilines is 1. The van der Waals surface area contributed by atoms with Crippen molar-refractivity contribution in [2.24, 2.45) is 5.10 Å². The van der Waals surface area contributed by atoms with Gasteiger partial charge in [0.25, 0.3) is 0 Å². The van der Waals surface area contributed by atoms with E-state index in [4.69, 9.17) is 4.52 Å². The third kappa shape index (κ3) is 2.65. The van der Waals surface area contributed by atoms with Gasteiger partial charge in [0.1, 0.15) is 23.9 Å². The van der Waals surface area contributed by atoms with Crippen molar-refractivity contribution in [1.29, 1.82) is 0 Å². The normalized spacial score (nSPS) is 13.7. The molecule has 120 valence electrons. The molecule has 5 heteroatoms. The van der Waals surface area contributed by atoms with Crippen LogP contribution in [-0.2, 0) is 6.42 Å². The second-order valence-corrected chi connectivity index (χ2v) is 5.74. The van der Waals surface area contributed by atoms with Gasteiger partial charge in [-0.1, -0.05) is 65.8 Å². The molecule has 0 saturated heterocycles. The molecule has 0 radical (unpaired) electrons. The van der Waals surface area contributed by atoms with Crippen molar-refractivity contribution >= 4 is 11.5 Å². The van der Waals surface area contributed by atoms with Gasteiger partial charge in [-0.05, 0) is 12.5 Å². The number of aromatic nitrogens is 1. The van der Waals surface area contributed by atoms with E-state index in [0.29, 0.717) is 6.67 Å². The Balaban J connectivity index is 1.69. The number of hydrogen-bond donors (Lipinski definition) is 1. The Hall–Kier alpha value is -3.08. The number of rotatable bonds is 4. The van der Waals surface area contributed by atoms with Crippen molar-refractivity contribution in [1.82, 2.24) is 10.6 Å². The fraction of sp³-hybridized carbons (Fsp3) is 0.158. The standard InChI is InChI=1S/C19H18N4O/c1-14-19(18(22-24-14)16-10-6-3-7-11-16)23-13-20-21-17(23)12-15-8-4-2-5-9-15/h2-11,20H,12-13H2,1H3. The minimum absolute atomic E-state index is 0.615. The lowest BCUT2D eigenvalue weighted by Crippen LogP contribution is -2.31. The van der Waals surface area contributed by atoms with E-state index in [1.807, 2.05) is 55.5 Å². The van der Waals surface area contributed by atoms with Crippen LogP contribution in [0.25, 0.3) is 11.3 Å². The second kappa shape index (κ2) is 6.20. The van der Waals surface area contributed by atoms with Crippen molar-refractivity contribution in [2.75, 3.05) is 11.6 Å². The average Bonchev–Trinajstić information content (AvgIpc) is 3.22. The summed E-state index contributed by atoms with van der Waals surface area (Å²) in [6, 6.07) is 20.4. The highest BCUT2D eigenvalue weighted by Gasteiger charge is 2.27. The van der Waals surface area contributed by atoms with E-state index in [2.05, 4.69) is 32.7 Å². The lowest BCUT2D eigenvalue weighted by molar-refractivity contribution is 0.400. The predicted octanol–water partition coefficient (Wildman–Crippen LogP) is 3.57. The van der Waals surface area contributed by atoms with E-state index in [1.54, 1.807) is 0 Å². The summed E-state index contributed by atoms with van der Waals surface area (Å²) in [4.78, 5) is 2.14. The van der Waals surface area contributed by atoms with E-state index >= 15 is 0 Å². The number of amidine groups is 1. The molecular formula is C19H18N4O. The van der Waals surface area contributed by atoms with Gasteiger partial charge < -0.3 is 9.42 Å². The van der Waals surface area contributed by atoms with E-state index in [1.165, 1.54) is 5.56 Å². The van der Waals surface area contributed by atoms with Gasteiger partial charge >= 0.3 is 0 Å². The highest BCUT2D eigenvalue weighted by Crippen LogP contribution is 2.34. The molecule has 2 heterocycles. The molecule has 1 N–H and O–H groups in total. The summed E-state index contributed by atoms with van der Waals surface area (Å²) in [6.45, 7) is 2.55. The average molecular weight is 318 g/mol.